The molecule has 0 aromatic heterocycles. The summed E-state index contributed by atoms with van der Waals surface area (Å²) in [6, 6.07) is 4.15. The monoisotopic (exact) mass is 358 g/mol. The largest absolute Gasteiger partial charge is 0.284 e. The molecule has 0 atom stereocenters. The molecule has 128 valence electrons. The number of nitrogens with zero attached hydrogens (tertiary/aromatic N) is 1. The maximum Gasteiger partial charge on any atom is 0.284 e. The second-order valence-electron chi connectivity index (χ2n) is 6.77. The zero-order valence-corrected chi connectivity index (χ0v) is 15.2. The number of hydrogen-bond donors (Lipinski definition) is 1. The molecule has 0 radical (unpaired) electrons. The first kappa shape index (κ1) is 18.2. The van der Waals surface area contributed by atoms with Crippen molar-refractivity contribution in [3.05, 3.63) is 28.3 Å². The van der Waals surface area contributed by atoms with E-state index < -0.39 is 20.5 Å². The SMILES string of the molecule is CC(C)(C)NS(=O)(=O)c1ccc(SC2CCCC2)c([N+](=O)[O-])c1. The lowest BCUT2D eigenvalue weighted by Crippen LogP contribution is -2.40. The number of rotatable bonds is 5. The molecule has 8 heteroatoms. The molecule has 1 fully saturated rings. The normalized spacial score (nSPS) is 16.7. The van der Waals surface area contributed by atoms with E-state index in [9.17, 15) is 18.5 Å². The third kappa shape index (κ3) is 4.92. The zero-order valence-electron chi connectivity index (χ0n) is 13.5. The number of benzene rings is 1. The Bertz CT molecular complexity index is 690. The molecule has 0 bridgehead atoms. The van der Waals surface area contributed by atoms with Gasteiger partial charge in [-0.25, -0.2) is 13.1 Å². The first-order valence-electron chi connectivity index (χ1n) is 7.57. The molecule has 1 saturated carbocycles. The Kier molecular flexibility index (Phi) is 5.37. The molecule has 0 heterocycles. The number of nitro benzene ring substituents is 1. The van der Waals surface area contributed by atoms with Crippen LogP contribution in [0.15, 0.2) is 28.0 Å². The van der Waals surface area contributed by atoms with Crippen LogP contribution in [0, 0.1) is 10.1 Å². The molecule has 0 spiro atoms. The van der Waals surface area contributed by atoms with Crippen molar-refractivity contribution in [2.75, 3.05) is 0 Å². The third-order valence-electron chi connectivity index (χ3n) is 3.47. The fraction of sp³-hybridized carbons (Fsp3) is 0.600. The van der Waals surface area contributed by atoms with Crippen molar-refractivity contribution >= 4 is 27.5 Å². The maximum atomic E-state index is 12.3. The number of sulfonamides is 1. The van der Waals surface area contributed by atoms with Crippen LogP contribution in [0.5, 0.6) is 0 Å². The average molecular weight is 358 g/mol. The lowest BCUT2D eigenvalue weighted by Gasteiger charge is -2.20. The fourth-order valence-corrected chi connectivity index (χ4v) is 5.32. The Morgan fingerprint density at radius 3 is 2.39 bits per heavy atom. The summed E-state index contributed by atoms with van der Waals surface area (Å²) in [5.74, 6) is 0. The summed E-state index contributed by atoms with van der Waals surface area (Å²) in [6.07, 6.45) is 4.39. The van der Waals surface area contributed by atoms with Gasteiger partial charge in [0.25, 0.3) is 5.69 Å². The van der Waals surface area contributed by atoms with Crippen LogP contribution < -0.4 is 4.72 Å². The molecule has 0 saturated heterocycles. The predicted octanol–water partition coefficient (Wildman–Crippen LogP) is 3.71. The van der Waals surface area contributed by atoms with Crippen LogP contribution in [-0.4, -0.2) is 24.1 Å². The number of nitrogens with one attached hydrogen (secondary N) is 1. The second-order valence-corrected chi connectivity index (χ2v) is 9.79. The summed E-state index contributed by atoms with van der Waals surface area (Å²) in [4.78, 5) is 11.3. The van der Waals surface area contributed by atoms with Crippen molar-refractivity contribution in [1.82, 2.24) is 4.72 Å². The van der Waals surface area contributed by atoms with Gasteiger partial charge in [-0.15, -0.1) is 11.8 Å². The van der Waals surface area contributed by atoms with Gasteiger partial charge in [0.1, 0.15) is 0 Å². The molecule has 1 aliphatic carbocycles. The van der Waals surface area contributed by atoms with Gasteiger partial charge in [0.05, 0.1) is 14.7 Å². The van der Waals surface area contributed by atoms with Crippen LogP contribution in [0.3, 0.4) is 0 Å². The van der Waals surface area contributed by atoms with Crippen LogP contribution >= 0.6 is 11.8 Å². The molecule has 2 rings (SSSR count). The number of thioether (sulfide) groups is 1. The molecule has 23 heavy (non-hydrogen) atoms. The quantitative estimate of drug-likeness (QED) is 0.640. The number of nitro groups is 1. The van der Waals surface area contributed by atoms with Gasteiger partial charge in [0.15, 0.2) is 0 Å². The number of hydrogen-bond acceptors (Lipinski definition) is 5. The molecule has 1 aliphatic rings. The molecule has 0 aliphatic heterocycles. The molecule has 0 amide bonds. The van der Waals surface area contributed by atoms with Crippen molar-refractivity contribution in [3.63, 3.8) is 0 Å². The highest BCUT2D eigenvalue weighted by atomic mass is 32.2. The highest BCUT2D eigenvalue weighted by Crippen LogP contribution is 2.39. The maximum absolute atomic E-state index is 12.3. The van der Waals surface area contributed by atoms with E-state index in [-0.39, 0.29) is 10.6 Å². The Morgan fingerprint density at radius 2 is 1.87 bits per heavy atom. The van der Waals surface area contributed by atoms with E-state index in [1.807, 2.05) is 0 Å². The minimum atomic E-state index is -3.78. The van der Waals surface area contributed by atoms with Gasteiger partial charge in [0, 0.05) is 16.9 Å². The Hall–Kier alpha value is -1.12. The highest BCUT2D eigenvalue weighted by molar-refractivity contribution is 8.00. The van der Waals surface area contributed by atoms with E-state index in [0.29, 0.717) is 10.1 Å². The van der Waals surface area contributed by atoms with Gasteiger partial charge in [-0.2, -0.15) is 0 Å². The fourth-order valence-electron chi connectivity index (χ4n) is 2.55. The van der Waals surface area contributed by atoms with Crippen molar-refractivity contribution in [3.8, 4) is 0 Å². The van der Waals surface area contributed by atoms with E-state index in [0.717, 1.165) is 31.7 Å². The third-order valence-corrected chi connectivity index (χ3v) is 6.63. The van der Waals surface area contributed by atoms with Gasteiger partial charge in [-0.05, 0) is 45.7 Å². The Balaban J connectivity index is 2.33. The standard InChI is InChI=1S/C15H22N2O4S2/c1-15(2,3)16-23(20,21)12-8-9-14(13(10-12)17(18)19)22-11-6-4-5-7-11/h8-11,16H,4-7H2,1-3H3. The molecule has 0 unspecified atom stereocenters. The Morgan fingerprint density at radius 1 is 1.26 bits per heavy atom. The van der Waals surface area contributed by atoms with Crippen molar-refractivity contribution < 1.29 is 13.3 Å². The van der Waals surface area contributed by atoms with Crippen LogP contribution in [0.4, 0.5) is 5.69 Å². The van der Waals surface area contributed by atoms with Crippen LogP contribution in [0.1, 0.15) is 46.5 Å². The molecule has 6 nitrogen and oxygen atoms in total. The van der Waals surface area contributed by atoms with E-state index in [4.69, 9.17) is 0 Å². The molecular weight excluding hydrogens is 336 g/mol. The van der Waals surface area contributed by atoms with Crippen LogP contribution in [-0.2, 0) is 10.0 Å². The second kappa shape index (κ2) is 6.78. The van der Waals surface area contributed by atoms with E-state index >= 15 is 0 Å². The summed E-state index contributed by atoms with van der Waals surface area (Å²) >= 11 is 1.48. The topological polar surface area (TPSA) is 89.3 Å². The smallest absolute Gasteiger partial charge is 0.258 e. The van der Waals surface area contributed by atoms with Gasteiger partial charge < -0.3 is 0 Å². The predicted molar refractivity (Wildman–Crippen MR) is 91.3 cm³/mol. The molecular formula is C15H22N2O4S2. The van der Waals surface area contributed by atoms with Crippen molar-refractivity contribution in [1.29, 1.82) is 0 Å². The van der Waals surface area contributed by atoms with Crippen LogP contribution in [0.25, 0.3) is 0 Å². The zero-order chi connectivity index (χ0) is 17.3. The molecule has 1 aromatic rings. The first-order chi connectivity index (χ1) is 10.6. The van der Waals surface area contributed by atoms with Crippen LogP contribution in [0.2, 0.25) is 0 Å². The lowest BCUT2D eigenvalue weighted by molar-refractivity contribution is -0.388. The summed E-state index contributed by atoms with van der Waals surface area (Å²) in [6.45, 7) is 5.18. The first-order valence-corrected chi connectivity index (χ1v) is 9.94. The van der Waals surface area contributed by atoms with Gasteiger partial charge in [-0.3, -0.25) is 10.1 Å². The highest BCUT2D eigenvalue weighted by Gasteiger charge is 2.27. The lowest BCUT2D eigenvalue weighted by atomic mass is 10.1. The van der Waals surface area contributed by atoms with E-state index in [2.05, 4.69) is 4.72 Å². The summed E-state index contributed by atoms with van der Waals surface area (Å²) in [5, 5.41) is 11.7. The average Bonchev–Trinajstić information content (AvgIpc) is 2.88. The molecule has 1 N–H and O–H groups in total. The minimum absolute atomic E-state index is 0.0742. The van der Waals surface area contributed by atoms with Crippen molar-refractivity contribution in [2.24, 2.45) is 0 Å². The van der Waals surface area contributed by atoms with Gasteiger partial charge in [0.2, 0.25) is 10.0 Å². The van der Waals surface area contributed by atoms with E-state index in [1.54, 1.807) is 26.8 Å². The molecule has 1 aromatic carbocycles. The van der Waals surface area contributed by atoms with Gasteiger partial charge in [-0.1, -0.05) is 12.8 Å². The summed E-state index contributed by atoms with van der Waals surface area (Å²) in [5.41, 5.74) is -0.788. The van der Waals surface area contributed by atoms with Crippen molar-refractivity contribution in [2.45, 2.75) is 67.0 Å². The minimum Gasteiger partial charge on any atom is -0.258 e. The van der Waals surface area contributed by atoms with Gasteiger partial charge >= 0.3 is 0 Å². The summed E-state index contributed by atoms with van der Waals surface area (Å²) < 4.78 is 27.2. The van der Waals surface area contributed by atoms with E-state index in [1.165, 1.54) is 17.8 Å². The Labute approximate surface area is 141 Å². The summed E-state index contributed by atoms with van der Waals surface area (Å²) in [7, 11) is -3.78.